The van der Waals surface area contributed by atoms with E-state index in [1.54, 1.807) is 0 Å². The Bertz CT molecular complexity index is 338. The molecule has 1 N–H and O–H groups in total. The molecule has 0 bridgehead atoms. The molecule has 0 fully saturated rings. The average Bonchev–Trinajstić information content (AvgIpc) is 2.24. The predicted molar refractivity (Wildman–Crippen MR) is 58.3 cm³/mol. The number of rotatable bonds is 5. The maximum absolute atomic E-state index is 12.2. The zero-order chi connectivity index (χ0) is 12.0. The van der Waals surface area contributed by atoms with E-state index in [1.165, 1.54) is 0 Å². The van der Waals surface area contributed by atoms with E-state index in [1.807, 2.05) is 30.3 Å². The van der Waals surface area contributed by atoms with Crippen molar-refractivity contribution in [1.29, 1.82) is 0 Å². The minimum Gasteiger partial charge on any atom is -0.352 e. The monoisotopic (exact) mass is 247 g/mol. The first-order chi connectivity index (χ1) is 7.47. The topological polar surface area (TPSA) is 29.1 Å². The first-order valence-corrected chi connectivity index (χ1v) is 5.22. The fourth-order valence-corrected chi connectivity index (χ4v) is 1.23. The van der Waals surface area contributed by atoms with Gasteiger partial charge in [0.25, 0.3) is 0 Å². The molecule has 16 heavy (non-hydrogen) atoms. The molecule has 0 radical (unpaired) electrons. The highest BCUT2D eigenvalue weighted by Gasteiger charge is 2.25. The molecule has 5 heteroatoms. The third kappa shape index (κ3) is 5.66. The zero-order valence-corrected chi connectivity index (χ0v) is 9.31. The average molecular weight is 248 g/mol. The SMILES string of the molecule is O=C(CCC(F)(F)Cl)NCc1ccccc1. The van der Waals surface area contributed by atoms with Crippen LogP contribution in [0.1, 0.15) is 18.4 Å². The lowest BCUT2D eigenvalue weighted by Gasteiger charge is -2.08. The first-order valence-electron chi connectivity index (χ1n) is 4.85. The van der Waals surface area contributed by atoms with Crippen LogP contribution in [0, 0.1) is 0 Å². The predicted octanol–water partition coefficient (Wildman–Crippen LogP) is 2.91. The van der Waals surface area contributed by atoms with Crippen LogP contribution in [0.5, 0.6) is 0 Å². The van der Waals surface area contributed by atoms with E-state index < -0.39 is 17.7 Å². The van der Waals surface area contributed by atoms with Crippen LogP contribution in [0.2, 0.25) is 0 Å². The number of carbonyl (C=O) groups excluding carboxylic acids is 1. The van der Waals surface area contributed by atoms with E-state index in [-0.39, 0.29) is 6.42 Å². The lowest BCUT2D eigenvalue weighted by molar-refractivity contribution is -0.122. The summed E-state index contributed by atoms with van der Waals surface area (Å²) in [7, 11) is 0. The second-order valence-electron chi connectivity index (χ2n) is 3.38. The highest BCUT2D eigenvalue weighted by atomic mass is 35.5. The van der Waals surface area contributed by atoms with Crippen molar-refractivity contribution in [2.45, 2.75) is 24.8 Å². The van der Waals surface area contributed by atoms with E-state index in [2.05, 4.69) is 16.9 Å². The van der Waals surface area contributed by atoms with E-state index in [0.29, 0.717) is 6.54 Å². The maximum atomic E-state index is 12.2. The van der Waals surface area contributed by atoms with Gasteiger partial charge in [0.1, 0.15) is 0 Å². The number of carbonyl (C=O) groups is 1. The van der Waals surface area contributed by atoms with Crippen LogP contribution in [0.25, 0.3) is 0 Å². The van der Waals surface area contributed by atoms with Crippen LogP contribution in [0.15, 0.2) is 30.3 Å². The number of halogens is 3. The van der Waals surface area contributed by atoms with Crippen LogP contribution in [0.4, 0.5) is 8.78 Å². The molecule has 0 atom stereocenters. The van der Waals surface area contributed by atoms with Crippen molar-refractivity contribution in [2.24, 2.45) is 0 Å². The van der Waals surface area contributed by atoms with Crippen molar-refractivity contribution in [2.75, 3.05) is 0 Å². The molecule has 0 saturated carbocycles. The molecule has 1 amide bonds. The smallest absolute Gasteiger partial charge is 0.322 e. The molecular weight excluding hydrogens is 236 g/mol. The Morgan fingerprint density at radius 3 is 2.50 bits per heavy atom. The molecule has 0 aliphatic rings. The third-order valence-electron chi connectivity index (χ3n) is 1.97. The van der Waals surface area contributed by atoms with Gasteiger partial charge in [-0.1, -0.05) is 30.3 Å². The van der Waals surface area contributed by atoms with E-state index in [0.717, 1.165) is 5.56 Å². The van der Waals surface area contributed by atoms with E-state index in [9.17, 15) is 13.6 Å². The first kappa shape index (κ1) is 12.9. The van der Waals surface area contributed by atoms with Gasteiger partial charge in [0.15, 0.2) is 0 Å². The Balaban J connectivity index is 2.26. The van der Waals surface area contributed by atoms with Crippen molar-refractivity contribution < 1.29 is 13.6 Å². The lowest BCUT2D eigenvalue weighted by atomic mass is 10.2. The number of hydrogen-bond donors (Lipinski definition) is 1. The number of hydrogen-bond acceptors (Lipinski definition) is 1. The molecule has 88 valence electrons. The third-order valence-corrected chi connectivity index (χ3v) is 2.16. The molecule has 0 aliphatic carbocycles. The van der Waals surface area contributed by atoms with Gasteiger partial charge >= 0.3 is 5.38 Å². The van der Waals surface area contributed by atoms with Crippen molar-refractivity contribution in [3.05, 3.63) is 35.9 Å². The van der Waals surface area contributed by atoms with Crippen LogP contribution < -0.4 is 5.32 Å². The van der Waals surface area contributed by atoms with Gasteiger partial charge in [-0.2, -0.15) is 8.78 Å². The summed E-state index contributed by atoms with van der Waals surface area (Å²) < 4.78 is 24.5. The highest BCUT2D eigenvalue weighted by Crippen LogP contribution is 2.24. The molecular formula is C11H12ClF2NO. The Labute approximate surface area is 97.6 Å². The number of benzene rings is 1. The molecule has 1 aromatic carbocycles. The van der Waals surface area contributed by atoms with Gasteiger partial charge in [0.05, 0.1) is 0 Å². The molecule has 0 heterocycles. The Kier molecular flexibility index (Phi) is 4.68. The van der Waals surface area contributed by atoms with Gasteiger partial charge in [-0.05, 0) is 17.2 Å². The minimum atomic E-state index is -3.30. The van der Waals surface area contributed by atoms with Crippen molar-refractivity contribution in [1.82, 2.24) is 5.32 Å². The Hall–Kier alpha value is -1.16. The molecule has 0 unspecified atom stereocenters. The lowest BCUT2D eigenvalue weighted by Crippen LogP contribution is -2.24. The molecule has 1 aromatic rings. The summed E-state index contributed by atoms with van der Waals surface area (Å²) in [5.41, 5.74) is 0.925. The number of alkyl halides is 3. The van der Waals surface area contributed by atoms with Crippen LogP contribution in [0.3, 0.4) is 0 Å². The maximum Gasteiger partial charge on any atom is 0.322 e. The number of amides is 1. The van der Waals surface area contributed by atoms with E-state index >= 15 is 0 Å². The van der Waals surface area contributed by atoms with Gasteiger partial charge in [-0.15, -0.1) is 0 Å². The normalized spacial score (nSPS) is 11.2. The molecule has 0 spiro atoms. The quantitative estimate of drug-likeness (QED) is 0.797. The highest BCUT2D eigenvalue weighted by molar-refractivity contribution is 6.21. The Morgan fingerprint density at radius 1 is 1.31 bits per heavy atom. The second-order valence-corrected chi connectivity index (χ2v) is 3.93. The summed E-state index contributed by atoms with van der Waals surface area (Å²) in [4.78, 5) is 11.2. The second kappa shape index (κ2) is 5.80. The van der Waals surface area contributed by atoms with Crippen molar-refractivity contribution in [3.8, 4) is 0 Å². The van der Waals surface area contributed by atoms with Crippen LogP contribution >= 0.6 is 11.6 Å². The summed E-state index contributed by atoms with van der Waals surface area (Å²) in [5, 5.41) is -0.761. The summed E-state index contributed by atoms with van der Waals surface area (Å²) >= 11 is 4.68. The molecule has 0 aromatic heterocycles. The van der Waals surface area contributed by atoms with Crippen LogP contribution in [-0.4, -0.2) is 11.3 Å². The van der Waals surface area contributed by atoms with Gasteiger partial charge < -0.3 is 5.32 Å². The molecule has 1 rings (SSSR count). The summed E-state index contributed by atoms with van der Waals surface area (Å²) in [6.07, 6.45) is -0.918. The Morgan fingerprint density at radius 2 is 1.94 bits per heavy atom. The molecule has 0 saturated heterocycles. The summed E-state index contributed by atoms with van der Waals surface area (Å²) in [6.45, 7) is 0.341. The van der Waals surface area contributed by atoms with Crippen molar-refractivity contribution in [3.63, 3.8) is 0 Å². The molecule has 2 nitrogen and oxygen atoms in total. The number of nitrogens with one attached hydrogen (secondary N) is 1. The summed E-state index contributed by atoms with van der Waals surface area (Å²) in [6, 6.07) is 9.23. The molecule has 0 aliphatic heterocycles. The van der Waals surface area contributed by atoms with E-state index in [4.69, 9.17) is 0 Å². The van der Waals surface area contributed by atoms with Crippen LogP contribution in [-0.2, 0) is 11.3 Å². The fraction of sp³-hybridized carbons (Fsp3) is 0.364. The van der Waals surface area contributed by atoms with Gasteiger partial charge in [-0.3, -0.25) is 4.79 Å². The minimum absolute atomic E-state index is 0.274. The van der Waals surface area contributed by atoms with Gasteiger partial charge in [0, 0.05) is 19.4 Å². The standard InChI is InChI=1S/C11H12ClF2NO/c12-11(13,14)7-6-10(16)15-8-9-4-2-1-3-5-9/h1-5H,6-8H2,(H,15,16). The van der Waals surface area contributed by atoms with Gasteiger partial charge in [-0.25, -0.2) is 0 Å². The van der Waals surface area contributed by atoms with Crippen molar-refractivity contribution >= 4 is 17.5 Å². The van der Waals surface area contributed by atoms with Gasteiger partial charge in [0.2, 0.25) is 5.91 Å². The fourth-order valence-electron chi connectivity index (χ4n) is 1.14. The zero-order valence-electron chi connectivity index (χ0n) is 8.55. The summed E-state index contributed by atoms with van der Waals surface area (Å²) in [5.74, 6) is -0.427. The largest absolute Gasteiger partial charge is 0.352 e.